The quantitative estimate of drug-likeness (QED) is 0.761. The minimum atomic E-state index is -0.184. The van der Waals surface area contributed by atoms with Crippen LogP contribution in [0, 0.1) is 5.92 Å². The molecule has 0 aromatic heterocycles. The van der Waals surface area contributed by atoms with Crippen molar-refractivity contribution in [1.82, 2.24) is 5.32 Å². The van der Waals surface area contributed by atoms with Crippen LogP contribution in [0.5, 0.6) is 5.75 Å². The molecule has 86 valence electrons. The Bertz CT molecular complexity index is 359. The van der Waals surface area contributed by atoms with Crippen LogP contribution in [-0.2, 0) is 4.79 Å². The number of benzene rings is 1. The Labute approximate surface area is 94.6 Å². The number of amides is 1. The second-order valence-electron chi connectivity index (χ2n) is 3.55. The smallest absolute Gasteiger partial charge is 0.251 e. The van der Waals surface area contributed by atoms with Crippen molar-refractivity contribution < 1.29 is 14.3 Å². The molecule has 0 fully saturated rings. The second kappa shape index (κ2) is 5.90. The van der Waals surface area contributed by atoms with Gasteiger partial charge in [-0.05, 0) is 24.3 Å². The number of methoxy groups -OCH3 is 1. The van der Waals surface area contributed by atoms with Crippen molar-refractivity contribution in [1.29, 1.82) is 0 Å². The third-order valence-electron chi connectivity index (χ3n) is 2.17. The van der Waals surface area contributed by atoms with Gasteiger partial charge in [-0.2, -0.15) is 0 Å². The van der Waals surface area contributed by atoms with Crippen molar-refractivity contribution in [3.8, 4) is 5.75 Å². The summed E-state index contributed by atoms with van der Waals surface area (Å²) >= 11 is 0. The molecule has 1 N–H and O–H groups in total. The maximum Gasteiger partial charge on any atom is 0.251 e. The van der Waals surface area contributed by atoms with E-state index in [9.17, 15) is 9.59 Å². The standard InChI is InChI=1S/C12H15NO3/c1-9(8-14)7-13-12(15)10-3-5-11(16-2)6-4-10/h3-6,8-9H,7H2,1-2H3,(H,13,15). The molecular weight excluding hydrogens is 206 g/mol. The van der Waals surface area contributed by atoms with Crippen molar-refractivity contribution in [3.05, 3.63) is 29.8 Å². The average molecular weight is 221 g/mol. The normalized spacial score (nSPS) is 11.6. The molecule has 0 saturated heterocycles. The van der Waals surface area contributed by atoms with Gasteiger partial charge in [0, 0.05) is 18.0 Å². The zero-order valence-corrected chi connectivity index (χ0v) is 9.40. The molecule has 0 aliphatic carbocycles. The molecule has 0 aliphatic heterocycles. The first kappa shape index (κ1) is 12.2. The van der Waals surface area contributed by atoms with Crippen LogP contribution in [-0.4, -0.2) is 25.8 Å². The highest BCUT2D eigenvalue weighted by atomic mass is 16.5. The zero-order chi connectivity index (χ0) is 12.0. The van der Waals surface area contributed by atoms with E-state index in [-0.39, 0.29) is 11.8 Å². The van der Waals surface area contributed by atoms with Crippen LogP contribution < -0.4 is 10.1 Å². The number of hydrogen-bond acceptors (Lipinski definition) is 3. The van der Waals surface area contributed by atoms with Gasteiger partial charge < -0.3 is 14.8 Å². The molecule has 4 nitrogen and oxygen atoms in total. The van der Waals surface area contributed by atoms with E-state index in [1.165, 1.54) is 0 Å². The topological polar surface area (TPSA) is 55.4 Å². The Morgan fingerprint density at radius 2 is 2.06 bits per heavy atom. The summed E-state index contributed by atoms with van der Waals surface area (Å²) in [6.45, 7) is 2.11. The van der Waals surface area contributed by atoms with Crippen molar-refractivity contribution >= 4 is 12.2 Å². The Morgan fingerprint density at radius 3 is 2.56 bits per heavy atom. The number of ether oxygens (including phenoxy) is 1. The van der Waals surface area contributed by atoms with Crippen molar-refractivity contribution in [2.45, 2.75) is 6.92 Å². The van der Waals surface area contributed by atoms with Crippen LogP contribution >= 0.6 is 0 Å². The Hall–Kier alpha value is -1.84. The molecule has 1 atom stereocenters. The first-order valence-corrected chi connectivity index (χ1v) is 5.05. The van der Waals surface area contributed by atoms with E-state index >= 15 is 0 Å². The summed E-state index contributed by atoms with van der Waals surface area (Å²) in [6, 6.07) is 6.80. The molecule has 0 aliphatic rings. The molecule has 16 heavy (non-hydrogen) atoms. The summed E-state index contributed by atoms with van der Waals surface area (Å²) in [7, 11) is 1.57. The fourth-order valence-electron chi connectivity index (χ4n) is 1.15. The minimum Gasteiger partial charge on any atom is -0.497 e. The zero-order valence-electron chi connectivity index (χ0n) is 9.40. The molecule has 0 heterocycles. The van der Waals surface area contributed by atoms with E-state index < -0.39 is 0 Å². The van der Waals surface area contributed by atoms with Crippen LogP contribution in [0.15, 0.2) is 24.3 Å². The molecule has 1 amide bonds. The summed E-state index contributed by atoms with van der Waals surface area (Å²) in [5.74, 6) is 0.358. The van der Waals surface area contributed by atoms with E-state index in [0.717, 1.165) is 6.29 Å². The van der Waals surface area contributed by atoms with Crippen molar-refractivity contribution in [2.75, 3.05) is 13.7 Å². The molecule has 0 radical (unpaired) electrons. The van der Waals surface area contributed by atoms with E-state index in [2.05, 4.69) is 5.32 Å². The van der Waals surface area contributed by atoms with Gasteiger partial charge in [-0.25, -0.2) is 0 Å². The van der Waals surface area contributed by atoms with Gasteiger partial charge in [0.2, 0.25) is 0 Å². The van der Waals surface area contributed by atoms with Crippen LogP contribution in [0.1, 0.15) is 17.3 Å². The third-order valence-corrected chi connectivity index (χ3v) is 2.17. The van der Waals surface area contributed by atoms with Crippen LogP contribution in [0.4, 0.5) is 0 Å². The molecule has 0 spiro atoms. The van der Waals surface area contributed by atoms with Gasteiger partial charge in [0.05, 0.1) is 7.11 Å². The predicted octanol–water partition coefficient (Wildman–Crippen LogP) is 1.26. The number of nitrogens with one attached hydrogen (secondary N) is 1. The maximum atomic E-state index is 11.6. The summed E-state index contributed by atoms with van der Waals surface area (Å²) < 4.78 is 4.99. The summed E-state index contributed by atoms with van der Waals surface area (Å²) in [6.07, 6.45) is 0.814. The molecule has 1 rings (SSSR count). The van der Waals surface area contributed by atoms with Gasteiger partial charge in [0.15, 0.2) is 0 Å². The van der Waals surface area contributed by atoms with Gasteiger partial charge in [-0.15, -0.1) is 0 Å². The lowest BCUT2D eigenvalue weighted by atomic mass is 10.2. The highest BCUT2D eigenvalue weighted by Crippen LogP contribution is 2.10. The van der Waals surface area contributed by atoms with Crippen molar-refractivity contribution in [3.63, 3.8) is 0 Å². The Kier molecular flexibility index (Phi) is 4.51. The number of hydrogen-bond donors (Lipinski definition) is 1. The van der Waals surface area contributed by atoms with Gasteiger partial charge in [0.1, 0.15) is 12.0 Å². The van der Waals surface area contributed by atoms with Gasteiger partial charge in [-0.3, -0.25) is 4.79 Å². The number of carbonyl (C=O) groups excluding carboxylic acids is 2. The predicted molar refractivity (Wildman–Crippen MR) is 60.6 cm³/mol. The highest BCUT2D eigenvalue weighted by Gasteiger charge is 2.06. The molecule has 4 heteroatoms. The summed E-state index contributed by atoms with van der Waals surface area (Å²) in [5.41, 5.74) is 0.555. The SMILES string of the molecule is COc1ccc(C(=O)NCC(C)C=O)cc1. The molecule has 1 unspecified atom stereocenters. The molecule has 1 aromatic rings. The number of aldehydes is 1. The van der Waals surface area contributed by atoms with E-state index in [4.69, 9.17) is 4.74 Å². The lowest BCUT2D eigenvalue weighted by Crippen LogP contribution is -2.28. The lowest BCUT2D eigenvalue weighted by molar-refractivity contribution is -0.110. The number of carbonyl (C=O) groups is 2. The molecular formula is C12H15NO3. The maximum absolute atomic E-state index is 11.6. The number of rotatable bonds is 5. The first-order valence-electron chi connectivity index (χ1n) is 5.05. The van der Waals surface area contributed by atoms with Crippen LogP contribution in [0.25, 0.3) is 0 Å². The largest absolute Gasteiger partial charge is 0.497 e. The monoisotopic (exact) mass is 221 g/mol. The third kappa shape index (κ3) is 3.38. The summed E-state index contributed by atoms with van der Waals surface area (Å²) in [4.78, 5) is 22.0. The fourth-order valence-corrected chi connectivity index (χ4v) is 1.15. The van der Waals surface area contributed by atoms with Gasteiger partial charge in [0.25, 0.3) is 5.91 Å². The van der Waals surface area contributed by atoms with Crippen LogP contribution in [0.3, 0.4) is 0 Å². The van der Waals surface area contributed by atoms with E-state index in [1.54, 1.807) is 38.3 Å². The van der Waals surface area contributed by atoms with E-state index in [1.807, 2.05) is 0 Å². The van der Waals surface area contributed by atoms with Crippen molar-refractivity contribution in [2.24, 2.45) is 5.92 Å². The second-order valence-corrected chi connectivity index (χ2v) is 3.55. The average Bonchev–Trinajstić information content (AvgIpc) is 2.35. The Balaban J connectivity index is 2.55. The highest BCUT2D eigenvalue weighted by molar-refractivity contribution is 5.94. The Morgan fingerprint density at radius 1 is 1.44 bits per heavy atom. The lowest BCUT2D eigenvalue weighted by Gasteiger charge is -2.07. The van der Waals surface area contributed by atoms with E-state index in [0.29, 0.717) is 17.9 Å². The summed E-state index contributed by atoms with van der Waals surface area (Å²) in [5, 5.41) is 2.68. The van der Waals surface area contributed by atoms with Crippen LogP contribution in [0.2, 0.25) is 0 Å². The first-order chi connectivity index (χ1) is 7.67. The molecule has 1 aromatic carbocycles. The fraction of sp³-hybridized carbons (Fsp3) is 0.333. The molecule has 0 saturated carbocycles. The van der Waals surface area contributed by atoms with Gasteiger partial charge in [-0.1, -0.05) is 6.92 Å². The molecule has 0 bridgehead atoms. The minimum absolute atomic E-state index is 0.165. The van der Waals surface area contributed by atoms with Gasteiger partial charge >= 0.3 is 0 Å².